The Hall–Kier alpha value is -0.910. The Kier molecular flexibility index (Phi) is 4.60. The third kappa shape index (κ3) is 3.55. The van der Waals surface area contributed by atoms with Crippen LogP contribution in [0.25, 0.3) is 0 Å². The van der Waals surface area contributed by atoms with E-state index in [-0.39, 0.29) is 22.7 Å². The number of aromatic nitrogens is 2. The van der Waals surface area contributed by atoms with Gasteiger partial charge in [-0.05, 0) is 7.05 Å². The highest BCUT2D eigenvalue weighted by Crippen LogP contribution is 2.14. The lowest BCUT2D eigenvalue weighted by Crippen LogP contribution is -2.44. The van der Waals surface area contributed by atoms with E-state index < -0.39 is 0 Å². The van der Waals surface area contributed by atoms with E-state index in [0.717, 1.165) is 13.1 Å². The number of halogens is 1. The van der Waals surface area contributed by atoms with Gasteiger partial charge in [0.1, 0.15) is 11.0 Å². The molecule has 106 valence electrons. The van der Waals surface area contributed by atoms with Crippen LogP contribution in [-0.2, 0) is 11.3 Å². The Labute approximate surface area is 118 Å². The van der Waals surface area contributed by atoms with Crippen molar-refractivity contribution in [1.29, 1.82) is 0 Å². The highest BCUT2D eigenvalue weighted by atomic mass is 35.5. The molecule has 0 bridgehead atoms. The normalized spacial score (nSPS) is 21.0. The lowest BCUT2D eigenvalue weighted by Gasteiger charge is -2.31. The summed E-state index contributed by atoms with van der Waals surface area (Å²) in [6.45, 7) is 6.99. The number of morpholine rings is 1. The summed E-state index contributed by atoms with van der Waals surface area (Å²) >= 11 is 5.87. The summed E-state index contributed by atoms with van der Waals surface area (Å²) in [5.41, 5.74) is -0.111. The van der Waals surface area contributed by atoms with E-state index in [2.05, 4.69) is 16.9 Å². The van der Waals surface area contributed by atoms with Crippen LogP contribution in [0.4, 0.5) is 0 Å². The molecule has 0 aromatic carbocycles. The molecule has 0 aliphatic carbocycles. The molecule has 0 amide bonds. The highest BCUT2D eigenvalue weighted by molar-refractivity contribution is 6.29. The van der Waals surface area contributed by atoms with Crippen molar-refractivity contribution in [3.63, 3.8) is 0 Å². The Morgan fingerprint density at radius 2 is 2.32 bits per heavy atom. The second-order valence-electron chi connectivity index (χ2n) is 5.30. The first-order valence-electron chi connectivity index (χ1n) is 6.55. The van der Waals surface area contributed by atoms with Crippen molar-refractivity contribution in [3.8, 4) is 0 Å². The Bertz CT molecular complexity index is 501. The molecule has 0 radical (unpaired) electrons. The van der Waals surface area contributed by atoms with Gasteiger partial charge in [0.2, 0.25) is 0 Å². The molecule has 1 aliphatic heterocycles. The van der Waals surface area contributed by atoms with Crippen molar-refractivity contribution in [2.75, 3.05) is 26.7 Å². The Morgan fingerprint density at radius 3 is 2.95 bits per heavy atom. The molecule has 1 unspecified atom stereocenters. The number of rotatable bonds is 3. The van der Waals surface area contributed by atoms with E-state index in [1.165, 1.54) is 6.07 Å². The summed E-state index contributed by atoms with van der Waals surface area (Å²) in [6.07, 6.45) is 0.0249. The fraction of sp³-hybridized carbons (Fsp3) is 0.692. The van der Waals surface area contributed by atoms with E-state index in [9.17, 15) is 4.79 Å². The van der Waals surface area contributed by atoms with Gasteiger partial charge in [-0.1, -0.05) is 25.4 Å². The third-order valence-electron chi connectivity index (χ3n) is 3.25. The summed E-state index contributed by atoms with van der Waals surface area (Å²) in [4.78, 5) is 18.6. The zero-order valence-corrected chi connectivity index (χ0v) is 12.4. The highest BCUT2D eigenvalue weighted by Gasteiger charge is 2.21. The van der Waals surface area contributed by atoms with Crippen molar-refractivity contribution in [3.05, 3.63) is 27.4 Å². The lowest BCUT2D eigenvalue weighted by molar-refractivity contribution is -0.0285. The minimum Gasteiger partial charge on any atom is -0.374 e. The smallest absolute Gasteiger partial charge is 0.255 e. The van der Waals surface area contributed by atoms with Crippen molar-refractivity contribution >= 4 is 11.6 Å². The van der Waals surface area contributed by atoms with Crippen molar-refractivity contribution in [2.45, 2.75) is 32.4 Å². The minimum atomic E-state index is -0.111. The summed E-state index contributed by atoms with van der Waals surface area (Å²) in [7, 11) is 2.06. The fourth-order valence-corrected chi connectivity index (χ4v) is 2.48. The third-order valence-corrected chi connectivity index (χ3v) is 3.44. The first-order valence-corrected chi connectivity index (χ1v) is 6.92. The summed E-state index contributed by atoms with van der Waals surface area (Å²) in [6, 6.07) is 1.36. The second kappa shape index (κ2) is 6.03. The molecule has 19 heavy (non-hydrogen) atoms. The monoisotopic (exact) mass is 285 g/mol. The van der Waals surface area contributed by atoms with Gasteiger partial charge in [-0.2, -0.15) is 0 Å². The van der Waals surface area contributed by atoms with Crippen LogP contribution in [0.15, 0.2) is 10.9 Å². The molecule has 0 N–H and O–H groups in total. The van der Waals surface area contributed by atoms with Gasteiger partial charge in [-0.15, -0.1) is 0 Å². The summed E-state index contributed by atoms with van der Waals surface area (Å²) < 4.78 is 7.39. The largest absolute Gasteiger partial charge is 0.374 e. The van der Waals surface area contributed by atoms with Crippen molar-refractivity contribution < 1.29 is 4.74 Å². The molecule has 1 aliphatic rings. The number of hydrogen-bond acceptors (Lipinski definition) is 4. The SMILES string of the molecule is CC(C)c1nc(Cl)cc(=O)n1CC1CN(C)CCO1. The number of hydrogen-bond donors (Lipinski definition) is 0. The maximum absolute atomic E-state index is 12.1. The van der Waals surface area contributed by atoms with Gasteiger partial charge < -0.3 is 9.64 Å². The topological polar surface area (TPSA) is 47.4 Å². The maximum Gasteiger partial charge on any atom is 0.255 e. The van der Waals surface area contributed by atoms with Crippen LogP contribution in [0, 0.1) is 0 Å². The number of ether oxygens (including phenoxy) is 1. The van der Waals surface area contributed by atoms with Crippen LogP contribution < -0.4 is 5.56 Å². The number of nitrogens with zero attached hydrogens (tertiary/aromatic N) is 3. The van der Waals surface area contributed by atoms with Crippen LogP contribution in [0.2, 0.25) is 5.15 Å². The zero-order chi connectivity index (χ0) is 14.0. The second-order valence-corrected chi connectivity index (χ2v) is 5.68. The van der Waals surface area contributed by atoms with Crippen molar-refractivity contribution in [1.82, 2.24) is 14.5 Å². The molecule has 1 aromatic rings. The molecule has 2 rings (SSSR count). The summed E-state index contributed by atoms with van der Waals surface area (Å²) in [5.74, 6) is 0.863. The van der Waals surface area contributed by atoms with E-state index in [4.69, 9.17) is 16.3 Å². The molecule has 5 nitrogen and oxygen atoms in total. The van der Waals surface area contributed by atoms with E-state index in [0.29, 0.717) is 19.0 Å². The Morgan fingerprint density at radius 1 is 1.58 bits per heavy atom. The molecular weight excluding hydrogens is 266 g/mol. The summed E-state index contributed by atoms with van der Waals surface area (Å²) in [5, 5.41) is 0.256. The van der Waals surface area contributed by atoms with E-state index in [1.807, 2.05) is 13.8 Å². The standard InChI is InChI=1S/C13H20ClN3O2/c1-9(2)13-15-11(14)6-12(18)17(13)8-10-7-16(3)4-5-19-10/h6,9-10H,4-5,7-8H2,1-3H3. The van der Waals surface area contributed by atoms with E-state index in [1.54, 1.807) is 4.57 Å². The van der Waals surface area contributed by atoms with Gasteiger partial charge in [0.15, 0.2) is 0 Å². The Balaban J connectivity index is 2.26. The molecule has 0 spiro atoms. The number of likely N-dealkylation sites (N-methyl/N-ethyl adjacent to an activating group) is 1. The maximum atomic E-state index is 12.1. The molecule has 6 heteroatoms. The van der Waals surface area contributed by atoms with Crippen LogP contribution in [0.3, 0.4) is 0 Å². The van der Waals surface area contributed by atoms with Gasteiger partial charge in [0.05, 0.1) is 19.3 Å². The van der Waals surface area contributed by atoms with Crippen LogP contribution in [-0.4, -0.2) is 47.3 Å². The zero-order valence-electron chi connectivity index (χ0n) is 11.6. The first kappa shape index (κ1) is 14.5. The molecule has 1 saturated heterocycles. The van der Waals surface area contributed by atoms with Crippen LogP contribution in [0.1, 0.15) is 25.6 Å². The van der Waals surface area contributed by atoms with Gasteiger partial charge in [-0.3, -0.25) is 9.36 Å². The van der Waals surface area contributed by atoms with Gasteiger partial charge >= 0.3 is 0 Å². The molecular formula is C13H20ClN3O2. The van der Waals surface area contributed by atoms with Crippen molar-refractivity contribution in [2.24, 2.45) is 0 Å². The fourth-order valence-electron chi connectivity index (χ4n) is 2.30. The molecule has 1 fully saturated rings. The van der Waals surface area contributed by atoms with E-state index >= 15 is 0 Å². The minimum absolute atomic E-state index is 0.0249. The quantitative estimate of drug-likeness (QED) is 0.787. The van der Waals surface area contributed by atoms with Crippen LogP contribution >= 0.6 is 11.6 Å². The molecule has 2 heterocycles. The van der Waals surface area contributed by atoms with Gasteiger partial charge in [0.25, 0.3) is 5.56 Å². The van der Waals surface area contributed by atoms with Gasteiger partial charge in [-0.25, -0.2) is 4.98 Å². The average Bonchev–Trinajstić information content (AvgIpc) is 2.32. The lowest BCUT2D eigenvalue weighted by atomic mass is 10.2. The molecule has 1 aromatic heterocycles. The van der Waals surface area contributed by atoms with Gasteiger partial charge in [0, 0.05) is 25.1 Å². The first-order chi connectivity index (χ1) is 8.97. The molecule has 1 atom stereocenters. The molecule has 0 saturated carbocycles. The predicted molar refractivity (Wildman–Crippen MR) is 74.8 cm³/mol. The predicted octanol–water partition coefficient (Wildman–Crippen LogP) is 1.35. The van der Waals surface area contributed by atoms with Crippen LogP contribution in [0.5, 0.6) is 0 Å². The average molecular weight is 286 g/mol.